The average molecular weight is 140 g/mol. The van der Waals surface area contributed by atoms with E-state index in [2.05, 4.69) is 5.10 Å². The first-order valence-electron chi connectivity index (χ1n) is 2.96. The topological polar surface area (TPSA) is 49.7 Å². The van der Waals surface area contributed by atoms with E-state index in [0.717, 1.165) is 0 Å². The number of carbonyl (C=O) groups is 2. The number of nitrogens with zero attached hydrogens (tertiary/aromatic N) is 2. The van der Waals surface area contributed by atoms with Gasteiger partial charge in [-0.15, -0.1) is 0 Å². The summed E-state index contributed by atoms with van der Waals surface area (Å²) in [6.07, 6.45) is 0.159. The number of rotatable bonds is 1. The molecule has 0 aromatic heterocycles. The molecule has 54 valence electrons. The van der Waals surface area contributed by atoms with Gasteiger partial charge in [-0.1, -0.05) is 0 Å². The van der Waals surface area contributed by atoms with E-state index < -0.39 is 0 Å². The standard InChI is InChI=1S/C6H8N2O2/c1-4(9)5-3-6(10)8(2)7-5/h3H2,1-2H3. The molecule has 4 nitrogen and oxygen atoms in total. The zero-order valence-electron chi connectivity index (χ0n) is 5.92. The van der Waals surface area contributed by atoms with Crippen LogP contribution in [0.4, 0.5) is 0 Å². The van der Waals surface area contributed by atoms with E-state index in [1.165, 1.54) is 19.0 Å². The normalized spacial score (nSPS) is 17.6. The van der Waals surface area contributed by atoms with Crippen LogP contribution in [0.5, 0.6) is 0 Å². The third kappa shape index (κ3) is 1.05. The van der Waals surface area contributed by atoms with E-state index >= 15 is 0 Å². The second-order valence-electron chi connectivity index (χ2n) is 2.20. The Bertz CT molecular complexity index is 220. The van der Waals surface area contributed by atoms with Crippen molar-refractivity contribution in [3.63, 3.8) is 0 Å². The van der Waals surface area contributed by atoms with Crippen LogP contribution in [-0.2, 0) is 9.59 Å². The SMILES string of the molecule is CC(=O)C1=NN(C)C(=O)C1. The molecule has 1 aliphatic rings. The highest BCUT2D eigenvalue weighted by molar-refractivity contribution is 6.43. The van der Waals surface area contributed by atoms with Crippen molar-refractivity contribution in [1.29, 1.82) is 0 Å². The predicted octanol–water partition coefficient (Wildman–Crippen LogP) is -0.207. The Labute approximate surface area is 58.5 Å². The summed E-state index contributed by atoms with van der Waals surface area (Å²) >= 11 is 0. The first-order valence-corrected chi connectivity index (χ1v) is 2.96. The van der Waals surface area contributed by atoms with Crippen molar-refractivity contribution in [2.75, 3.05) is 7.05 Å². The summed E-state index contributed by atoms with van der Waals surface area (Å²) in [5.41, 5.74) is 0.354. The van der Waals surface area contributed by atoms with Crippen LogP contribution in [0.2, 0.25) is 0 Å². The number of hydrogen-bond acceptors (Lipinski definition) is 3. The monoisotopic (exact) mass is 140 g/mol. The summed E-state index contributed by atoms with van der Waals surface area (Å²) in [7, 11) is 1.54. The van der Waals surface area contributed by atoms with Crippen LogP contribution in [0, 0.1) is 0 Å². The second-order valence-corrected chi connectivity index (χ2v) is 2.20. The van der Waals surface area contributed by atoms with E-state index in [1.807, 2.05) is 0 Å². The lowest BCUT2D eigenvalue weighted by Gasteiger charge is -1.98. The molecule has 0 saturated carbocycles. The van der Waals surface area contributed by atoms with Gasteiger partial charge in [0.2, 0.25) is 5.91 Å². The molecule has 0 atom stereocenters. The van der Waals surface area contributed by atoms with Gasteiger partial charge in [-0.05, 0) is 0 Å². The molecule has 0 spiro atoms. The Morgan fingerprint density at radius 1 is 1.70 bits per heavy atom. The highest BCUT2D eigenvalue weighted by Gasteiger charge is 2.22. The van der Waals surface area contributed by atoms with Crippen LogP contribution >= 0.6 is 0 Å². The van der Waals surface area contributed by atoms with Gasteiger partial charge in [0.05, 0.1) is 6.42 Å². The van der Waals surface area contributed by atoms with Gasteiger partial charge in [0.15, 0.2) is 5.78 Å². The Kier molecular flexibility index (Phi) is 1.53. The van der Waals surface area contributed by atoms with Crippen LogP contribution in [-0.4, -0.2) is 29.5 Å². The number of Topliss-reactive ketones (excluding diaryl/α,β-unsaturated/α-hetero) is 1. The number of hydrazone groups is 1. The van der Waals surface area contributed by atoms with E-state index in [1.54, 1.807) is 0 Å². The molecule has 0 unspecified atom stereocenters. The molecule has 0 aromatic rings. The van der Waals surface area contributed by atoms with Crippen molar-refractivity contribution in [3.8, 4) is 0 Å². The van der Waals surface area contributed by atoms with E-state index in [-0.39, 0.29) is 18.1 Å². The Balaban J connectivity index is 2.77. The van der Waals surface area contributed by atoms with Crippen LogP contribution in [0.25, 0.3) is 0 Å². The number of carbonyl (C=O) groups excluding carboxylic acids is 2. The minimum absolute atomic E-state index is 0.120. The van der Waals surface area contributed by atoms with Crippen LogP contribution in [0.3, 0.4) is 0 Å². The fraction of sp³-hybridized carbons (Fsp3) is 0.500. The quantitative estimate of drug-likeness (QED) is 0.506. The minimum atomic E-state index is -0.127. The highest BCUT2D eigenvalue weighted by atomic mass is 16.2. The summed E-state index contributed by atoms with van der Waals surface area (Å²) in [5, 5.41) is 4.91. The molecule has 0 fully saturated rings. The highest BCUT2D eigenvalue weighted by Crippen LogP contribution is 2.04. The minimum Gasteiger partial charge on any atom is -0.293 e. The largest absolute Gasteiger partial charge is 0.293 e. The van der Waals surface area contributed by atoms with Gasteiger partial charge >= 0.3 is 0 Å². The van der Waals surface area contributed by atoms with Crippen molar-refractivity contribution in [3.05, 3.63) is 0 Å². The molecule has 1 amide bonds. The molecule has 0 aliphatic carbocycles. The average Bonchev–Trinajstić information content (AvgIpc) is 2.13. The van der Waals surface area contributed by atoms with Crippen LogP contribution in [0.1, 0.15) is 13.3 Å². The van der Waals surface area contributed by atoms with Gasteiger partial charge in [-0.3, -0.25) is 9.59 Å². The smallest absolute Gasteiger partial charge is 0.248 e. The lowest BCUT2D eigenvalue weighted by Crippen LogP contribution is -2.14. The van der Waals surface area contributed by atoms with Crippen molar-refractivity contribution in [2.24, 2.45) is 5.10 Å². The van der Waals surface area contributed by atoms with Gasteiger partial charge in [0, 0.05) is 14.0 Å². The van der Waals surface area contributed by atoms with Gasteiger partial charge in [0.1, 0.15) is 5.71 Å². The number of amides is 1. The van der Waals surface area contributed by atoms with E-state index in [0.29, 0.717) is 5.71 Å². The van der Waals surface area contributed by atoms with Crippen LogP contribution < -0.4 is 0 Å². The Morgan fingerprint density at radius 3 is 2.50 bits per heavy atom. The number of ketones is 1. The fourth-order valence-corrected chi connectivity index (χ4v) is 0.725. The van der Waals surface area contributed by atoms with Gasteiger partial charge < -0.3 is 0 Å². The summed E-state index contributed by atoms with van der Waals surface area (Å²) in [6.45, 7) is 1.41. The maximum absolute atomic E-state index is 10.7. The molecule has 1 heterocycles. The molecule has 0 N–H and O–H groups in total. The van der Waals surface area contributed by atoms with Crippen LogP contribution in [0.15, 0.2) is 5.10 Å². The summed E-state index contributed by atoms with van der Waals surface area (Å²) in [6, 6.07) is 0. The third-order valence-electron chi connectivity index (χ3n) is 1.36. The lowest BCUT2D eigenvalue weighted by atomic mass is 10.2. The molecule has 0 bridgehead atoms. The first-order chi connectivity index (χ1) is 4.61. The molecule has 0 aromatic carbocycles. The van der Waals surface area contributed by atoms with Gasteiger partial charge in [0.25, 0.3) is 0 Å². The van der Waals surface area contributed by atoms with Crippen molar-refractivity contribution >= 4 is 17.4 Å². The van der Waals surface area contributed by atoms with E-state index in [9.17, 15) is 9.59 Å². The van der Waals surface area contributed by atoms with E-state index in [4.69, 9.17) is 0 Å². The Morgan fingerprint density at radius 2 is 2.30 bits per heavy atom. The van der Waals surface area contributed by atoms with Crippen molar-refractivity contribution in [2.45, 2.75) is 13.3 Å². The molecular weight excluding hydrogens is 132 g/mol. The summed E-state index contributed by atoms with van der Waals surface area (Å²) < 4.78 is 0. The zero-order chi connectivity index (χ0) is 7.72. The lowest BCUT2D eigenvalue weighted by molar-refractivity contribution is -0.127. The molecule has 1 aliphatic heterocycles. The maximum atomic E-state index is 10.7. The molecular formula is C6H8N2O2. The summed E-state index contributed by atoms with van der Waals surface area (Å²) in [5.74, 6) is -0.247. The molecule has 0 radical (unpaired) electrons. The first kappa shape index (κ1) is 6.92. The zero-order valence-corrected chi connectivity index (χ0v) is 5.92. The van der Waals surface area contributed by atoms with Crippen molar-refractivity contribution in [1.82, 2.24) is 5.01 Å². The Hall–Kier alpha value is -1.19. The second kappa shape index (κ2) is 2.21. The maximum Gasteiger partial charge on any atom is 0.248 e. The molecule has 4 heteroatoms. The molecule has 0 saturated heterocycles. The van der Waals surface area contributed by atoms with Gasteiger partial charge in [-0.25, -0.2) is 5.01 Å². The molecule has 1 rings (SSSR count). The predicted molar refractivity (Wildman–Crippen MR) is 35.5 cm³/mol. The summed E-state index contributed by atoms with van der Waals surface area (Å²) in [4.78, 5) is 21.4. The van der Waals surface area contributed by atoms with Gasteiger partial charge in [-0.2, -0.15) is 5.10 Å². The number of hydrogen-bond donors (Lipinski definition) is 0. The third-order valence-corrected chi connectivity index (χ3v) is 1.36. The van der Waals surface area contributed by atoms with Crippen molar-refractivity contribution < 1.29 is 9.59 Å². The molecule has 10 heavy (non-hydrogen) atoms. The fourth-order valence-electron chi connectivity index (χ4n) is 0.725.